The van der Waals surface area contributed by atoms with Crippen LogP contribution in [0, 0.1) is 5.41 Å². The minimum absolute atomic E-state index is 0.00372. The van der Waals surface area contributed by atoms with Gasteiger partial charge in [0.05, 0.1) is 0 Å². The molecule has 3 heteroatoms. The standard InChI is InChI=1S/C19H23NOS/c1-19(2,3)13-18(21)20-16-10-7-11-17(12-16)22-14-15-8-5-4-6-9-15/h4-12H,13-14H2,1-3H3,(H,20,21). The molecule has 0 saturated heterocycles. The van der Waals surface area contributed by atoms with Gasteiger partial charge >= 0.3 is 0 Å². The summed E-state index contributed by atoms with van der Waals surface area (Å²) < 4.78 is 0. The molecule has 0 spiro atoms. The fourth-order valence-electron chi connectivity index (χ4n) is 2.09. The van der Waals surface area contributed by atoms with Crippen LogP contribution in [0.15, 0.2) is 59.5 Å². The maximum Gasteiger partial charge on any atom is 0.224 e. The summed E-state index contributed by atoms with van der Waals surface area (Å²) in [4.78, 5) is 13.2. The Balaban J connectivity index is 1.94. The Bertz CT molecular complexity index is 617. The molecule has 1 N–H and O–H groups in total. The number of hydrogen-bond acceptors (Lipinski definition) is 2. The first-order valence-corrected chi connectivity index (χ1v) is 8.48. The van der Waals surface area contributed by atoms with Crippen LogP contribution in [-0.4, -0.2) is 5.91 Å². The normalized spacial score (nSPS) is 11.2. The van der Waals surface area contributed by atoms with E-state index in [2.05, 4.69) is 56.4 Å². The van der Waals surface area contributed by atoms with Gasteiger partial charge in [-0.2, -0.15) is 0 Å². The lowest BCUT2D eigenvalue weighted by atomic mass is 9.92. The van der Waals surface area contributed by atoms with E-state index in [1.54, 1.807) is 11.8 Å². The van der Waals surface area contributed by atoms with E-state index in [1.807, 2.05) is 24.3 Å². The number of hydrogen-bond donors (Lipinski definition) is 1. The summed E-state index contributed by atoms with van der Waals surface area (Å²) in [6.45, 7) is 6.20. The van der Waals surface area contributed by atoms with Gasteiger partial charge in [-0.1, -0.05) is 57.2 Å². The maximum atomic E-state index is 12.0. The maximum absolute atomic E-state index is 12.0. The average molecular weight is 313 g/mol. The van der Waals surface area contributed by atoms with Crippen molar-refractivity contribution >= 4 is 23.4 Å². The van der Waals surface area contributed by atoms with E-state index in [1.165, 1.54) is 5.56 Å². The first-order chi connectivity index (χ1) is 10.4. The van der Waals surface area contributed by atoms with Crippen LogP contribution >= 0.6 is 11.8 Å². The molecule has 116 valence electrons. The molecule has 0 bridgehead atoms. The number of nitrogens with one attached hydrogen (secondary N) is 1. The number of rotatable bonds is 5. The molecule has 2 nitrogen and oxygen atoms in total. The lowest BCUT2D eigenvalue weighted by Crippen LogP contribution is -2.19. The number of thioether (sulfide) groups is 1. The van der Waals surface area contributed by atoms with Crippen molar-refractivity contribution in [2.24, 2.45) is 5.41 Å². The highest BCUT2D eigenvalue weighted by Gasteiger charge is 2.15. The van der Waals surface area contributed by atoms with Gasteiger partial charge in [0.1, 0.15) is 0 Å². The quantitative estimate of drug-likeness (QED) is 0.753. The van der Waals surface area contributed by atoms with Gasteiger partial charge in [0.2, 0.25) is 5.91 Å². The summed E-state index contributed by atoms with van der Waals surface area (Å²) >= 11 is 1.78. The molecular formula is C19H23NOS. The van der Waals surface area contributed by atoms with E-state index in [-0.39, 0.29) is 11.3 Å². The first-order valence-electron chi connectivity index (χ1n) is 7.49. The predicted molar refractivity (Wildman–Crippen MR) is 95.1 cm³/mol. The highest BCUT2D eigenvalue weighted by Crippen LogP contribution is 2.26. The van der Waals surface area contributed by atoms with Gasteiger partial charge in [0.25, 0.3) is 0 Å². The zero-order valence-corrected chi connectivity index (χ0v) is 14.2. The molecule has 0 radical (unpaired) electrons. The monoisotopic (exact) mass is 313 g/mol. The van der Waals surface area contributed by atoms with Gasteiger partial charge in [0, 0.05) is 22.8 Å². The lowest BCUT2D eigenvalue weighted by molar-refractivity contribution is -0.117. The largest absolute Gasteiger partial charge is 0.326 e. The van der Waals surface area contributed by atoms with Crippen molar-refractivity contribution < 1.29 is 4.79 Å². The minimum atomic E-state index is 0.00372. The molecule has 0 atom stereocenters. The third kappa shape index (κ3) is 5.94. The highest BCUT2D eigenvalue weighted by atomic mass is 32.2. The van der Waals surface area contributed by atoms with Crippen molar-refractivity contribution in [1.82, 2.24) is 0 Å². The Labute approximate surface area is 137 Å². The molecule has 2 rings (SSSR count). The van der Waals surface area contributed by atoms with Gasteiger partial charge < -0.3 is 5.32 Å². The Morgan fingerprint density at radius 2 is 1.77 bits per heavy atom. The van der Waals surface area contributed by atoms with E-state index < -0.39 is 0 Å². The van der Waals surface area contributed by atoms with Crippen LogP contribution in [0.3, 0.4) is 0 Å². The van der Waals surface area contributed by atoms with Gasteiger partial charge in [0.15, 0.2) is 0 Å². The zero-order valence-electron chi connectivity index (χ0n) is 13.4. The number of carbonyl (C=O) groups is 1. The average Bonchev–Trinajstić information content (AvgIpc) is 2.44. The van der Waals surface area contributed by atoms with E-state index in [9.17, 15) is 4.79 Å². The Kier molecular flexibility index (Phi) is 5.67. The molecule has 0 aromatic heterocycles. The fraction of sp³-hybridized carbons (Fsp3) is 0.316. The topological polar surface area (TPSA) is 29.1 Å². The van der Waals surface area contributed by atoms with Crippen molar-refractivity contribution in [3.63, 3.8) is 0 Å². The van der Waals surface area contributed by atoms with Crippen LogP contribution in [0.25, 0.3) is 0 Å². The third-order valence-electron chi connectivity index (χ3n) is 3.06. The van der Waals surface area contributed by atoms with E-state index >= 15 is 0 Å². The van der Waals surface area contributed by atoms with E-state index in [4.69, 9.17) is 0 Å². The van der Waals surface area contributed by atoms with Crippen molar-refractivity contribution in [3.8, 4) is 0 Å². The molecule has 0 saturated carbocycles. The number of amides is 1. The summed E-state index contributed by atoms with van der Waals surface area (Å²) in [7, 11) is 0. The second-order valence-electron chi connectivity index (χ2n) is 6.59. The van der Waals surface area contributed by atoms with E-state index in [0.29, 0.717) is 6.42 Å². The van der Waals surface area contributed by atoms with Crippen LogP contribution < -0.4 is 5.32 Å². The molecule has 1 amide bonds. The highest BCUT2D eigenvalue weighted by molar-refractivity contribution is 7.98. The summed E-state index contributed by atoms with van der Waals surface area (Å²) in [6, 6.07) is 18.4. The van der Waals surface area contributed by atoms with Gasteiger partial charge in [-0.05, 0) is 29.2 Å². The molecule has 2 aromatic rings. The van der Waals surface area contributed by atoms with Crippen LogP contribution in [-0.2, 0) is 10.5 Å². The van der Waals surface area contributed by atoms with Crippen molar-refractivity contribution in [2.45, 2.75) is 37.8 Å². The Morgan fingerprint density at radius 1 is 1.05 bits per heavy atom. The van der Waals surface area contributed by atoms with E-state index in [0.717, 1.165) is 16.3 Å². The second-order valence-corrected chi connectivity index (χ2v) is 7.64. The number of anilines is 1. The summed E-state index contributed by atoms with van der Waals surface area (Å²) in [6.07, 6.45) is 0.522. The molecular weight excluding hydrogens is 290 g/mol. The van der Waals surface area contributed by atoms with Gasteiger partial charge in [-0.15, -0.1) is 11.8 Å². The summed E-state index contributed by atoms with van der Waals surface area (Å²) in [5.41, 5.74) is 2.17. The van der Waals surface area contributed by atoms with Gasteiger partial charge in [-0.3, -0.25) is 4.79 Å². The summed E-state index contributed by atoms with van der Waals surface area (Å²) in [5.74, 6) is 0.998. The zero-order chi connectivity index (χ0) is 16.0. The smallest absolute Gasteiger partial charge is 0.224 e. The van der Waals surface area contributed by atoms with Gasteiger partial charge in [-0.25, -0.2) is 0 Å². The van der Waals surface area contributed by atoms with Crippen LogP contribution in [0.1, 0.15) is 32.8 Å². The molecule has 0 fully saturated rings. The first kappa shape index (κ1) is 16.6. The van der Waals surface area contributed by atoms with Crippen molar-refractivity contribution in [1.29, 1.82) is 0 Å². The lowest BCUT2D eigenvalue weighted by Gasteiger charge is -2.17. The Morgan fingerprint density at radius 3 is 2.45 bits per heavy atom. The number of benzene rings is 2. The Hall–Kier alpha value is -1.74. The second kappa shape index (κ2) is 7.50. The molecule has 0 unspecified atom stereocenters. The molecule has 2 aromatic carbocycles. The molecule has 22 heavy (non-hydrogen) atoms. The van der Waals surface area contributed by atoms with Crippen molar-refractivity contribution in [3.05, 3.63) is 60.2 Å². The predicted octanol–water partition coefficient (Wildman–Crippen LogP) is 5.35. The molecule has 0 aliphatic heterocycles. The van der Waals surface area contributed by atoms with Crippen LogP contribution in [0.2, 0.25) is 0 Å². The van der Waals surface area contributed by atoms with Crippen LogP contribution in [0.4, 0.5) is 5.69 Å². The third-order valence-corrected chi connectivity index (χ3v) is 4.12. The molecule has 0 aliphatic carbocycles. The molecule has 0 heterocycles. The molecule has 0 aliphatic rings. The summed E-state index contributed by atoms with van der Waals surface area (Å²) in [5, 5.41) is 2.98. The minimum Gasteiger partial charge on any atom is -0.326 e. The number of carbonyl (C=O) groups excluding carboxylic acids is 1. The fourth-order valence-corrected chi connectivity index (χ4v) is 3.00. The SMILES string of the molecule is CC(C)(C)CC(=O)Nc1cccc(SCc2ccccc2)c1. The van der Waals surface area contributed by atoms with Crippen LogP contribution in [0.5, 0.6) is 0 Å². The van der Waals surface area contributed by atoms with Crippen molar-refractivity contribution in [2.75, 3.05) is 5.32 Å².